The average molecular weight is 384 g/mol. The van der Waals surface area contributed by atoms with E-state index in [9.17, 15) is 13.9 Å². The van der Waals surface area contributed by atoms with Gasteiger partial charge < -0.3 is 20.3 Å². The molecule has 28 heavy (non-hydrogen) atoms. The molecule has 146 valence electrons. The Balaban J connectivity index is 1.62. The summed E-state index contributed by atoms with van der Waals surface area (Å²) < 4.78 is 28.8. The fraction of sp³-hybridized carbons (Fsp3) is 0.286. The Morgan fingerprint density at radius 1 is 1.11 bits per heavy atom. The molecule has 2 unspecified atom stereocenters. The number of aromatic amines is 1. The molecule has 0 bridgehead atoms. The van der Waals surface area contributed by atoms with Gasteiger partial charge in [-0.15, -0.1) is 0 Å². The van der Waals surface area contributed by atoms with Gasteiger partial charge in [-0.3, -0.25) is 4.99 Å². The highest BCUT2D eigenvalue weighted by molar-refractivity contribution is 6.02. The molecule has 0 saturated carbocycles. The number of aromatic nitrogens is 1. The fourth-order valence-electron chi connectivity index (χ4n) is 3.84. The van der Waals surface area contributed by atoms with Gasteiger partial charge in [0, 0.05) is 42.8 Å². The minimum atomic E-state index is -0.459. The molecule has 4 rings (SSSR count). The number of nitrogens with zero attached hydrogens (tertiary/aromatic N) is 2. The number of H-pyrrole nitrogens is 1. The van der Waals surface area contributed by atoms with Crippen LogP contribution >= 0.6 is 0 Å². The first-order valence-electron chi connectivity index (χ1n) is 9.26. The Labute approximate surface area is 161 Å². The summed E-state index contributed by atoms with van der Waals surface area (Å²) >= 11 is 0. The van der Waals surface area contributed by atoms with Crippen LogP contribution in [0.15, 0.2) is 41.4 Å². The van der Waals surface area contributed by atoms with E-state index in [2.05, 4.69) is 29.1 Å². The van der Waals surface area contributed by atoms with Crippen LogP contribution in [0.3, 0.4) is 0 Å². The summed E-state index contributed by atoms with van der Waals surface area (Å²) in [5.74, 6) is -0.992. The highest BCUT2D eigenvalue weighted by Gasteiger charge is 2.23. The number of anilines is 1. The molecule has 0 spiro atoms. The highest BCUT2D eigenvalue weighted by atomic mass is 19.1. The first-order chi connectivity index (χ1) is 13.4. The predicted molar refractivity (Wildman–Crippen MR) is 108 cm³/mol. The van der Waals surface area contributed by atoms with E-state index in [0.717, 1.165) is 13.1 Å². The third kappa shape index (κ3) is 3.45. The number of rotatable bonds is 3. The van der Waals surface area contributed by atoms with E-state index in [4.69, 9.17) is 0 Å². The summed E-state index contributed by atoms with van der Waals surface area (Å²) in [6.07, 6.45) is 1.35. The van der Waals surface area contributed by atoms with Crippen LogP contribution < -0.4 is 10.2 Å². The Morgan fingerprint density at radius 2 is 1.86 bits per heavy atom. The summed E-state index contributed by atoms with van der Waals surface area (Å²) in [5, 5.41) is 13.7. The second-order valence-electron chi connectivity index (χ2n) is 7.32. The molecule has 2 aromatic carbocycles. The smallest absolute Gasteiger partial charge is 0.198 e. The summed E-state index contributed by atoms with van der Waals surface area (Å²) in [7, 11) is 0. The van der Waals surface area contributed by atoms with Gasteiger partial charge in [-0.25, -0.2) is 8.78 Å². The average Bonchev–Trinajstić information content (AvgIpc) is 2.95. The molecule has 0 aliphatic carbocycles. The minimum absolute atomic E-state index is 0.176. The van der Waals surface area contributed by atoms with Crippen LogP contribution in [-0.2, 0) is 0 Å². The van der Waals surface area contributed by atoms with E-state index < -0.39 is 5.82 Å². The zero-order valence-corrected chi connectivity index (χ0v) is 15.7. The molecule has 2 heterocycles. The number of halogens is 2. The van der Waals surface area contributed by atoms with E-state index in [1.165, 1.54) is 18.3 Å². The van der Waals surface area contributed by atoms with Gasteiger partial charge in [0.05, 0.1) is 22.5 Å². The number of hydrogen-bond acceptors (Lipinski definition) is 4. The molecule has 2 atom stereocenters. The topological polar surface area (TPSA) is 63.6 Å². The minimum Gasteiger partial charge on any atom is -0.494 e. The van der Waals surface area contributed by atoms with Gasteiger partial charge in [0.15, 0.2) is 5.88 Å². The van der Waals surface area contributed by atoms with Crippen LogP contribution in [0.25, 0.3) is 10.9 Å². The monoisotopic (exact) mass is 384 g/mol. The van der Waals surface area contributed by atoms with Crippen LogP contribution in [0, 0.1) is 11.6 Å². The lowest BCUT2D eigenvalue weighted by Crippen LogP contribution is -2.54. The van der Waals surface area contributed by atoms with Crippen LogP contribution in [0.4, 0.5) is 20.2 Å². The van der Waals surface area contributed by atoms with E-state index in [1.54, 1.807) is 24.3 Å². The second kappa shape index (κ2) is 7.24. The first-order valence-corrected chi connectivity index (χ1v) is 9.26. The van der Waals surface area contributed by atoms with Crippen LogP contribution in [0.1, 0.15) is 19.4 Å². The molecular weight excluding hydrogens is 362 g/mol. The van der Waals surface area contributed by atoms with Crippen LogP contribution in [0.2, 0.25) is 0 Å². The van der Waals surface area contributed by atoms with Gasteiger partial charge in [-0.1, -0.05) is 6.07 Å². The Morgan fingerprint density at radius 3 is 2.57 bits per heavy atom. The van der Waals surface area contributed by atoms with Crippen molar-refractivity contribution in [2.75, 3.05) is 18.0 Å². The number of fused-ring (bicyclic) bond motifs is 1. The van der Waals surface area contributed by atoms with Gasteiger partial charge >= 0.3 is 0 Å². The van der Waals surface area contributed by atoms with Crippen molar-refractivity contribution < 1.29 is 13.9 Å². The Bertz CT molecular complexity index is 1040. The van der Waals surface area contributed by atoms with Crippen molar-refractivity contribution in [3.05, 3.63) is 53.6 Å². The van der Waals surface area contributed by atoms with E-state index in [-0.39, 0.29) is 34.7 Å². The number of hydrogen-bond donors (Lipinski definition) is 3. The normalized spacial score (nSPS) is 20.4. The van der Waals surface area contributed by atoms with E-state index in [1.807, 2.05) is 4.90 Å². The lowest BCUT2D eigenvalue weighted by molar-refractivity contribution is 0.404. The number of aromatic hydroxyl groups is 1. The third-order valence-electron chi connectivity index (χ3n) is 4.96. The lowest BCUT2D eigenvalue weighted by atomic mass is 10.1. The quantitative estimate of drug-likeness (QED) is 0.596. The van der Waals surface area contributed by atoms with Gasteiger partial charge in [0.1, 0.15) is 11.6 Å². The molecule has 1 saturated heterocycles. The maximum absolute atomic E-state index is 14.7. The van der Waals surface area contributed by atoms with Crippen molar-refractivity contribution >= 4 is 28.5 Å². The maximum atomic E-state index is 14.7. The molecular formula is C21H22F2N4O. The molecule has 1 aliphatic rings. The van der Waals surface area contributed by atoms with Gasteiger partial charge in [-0.05, 0) is 38.1 Å². The zero-order valence-electron chi connectivity index (χ0n) is 15.7. The van der Waals surface area contributed by atoms with Crippen molar-refractivity contribution in [3.63, 3.8) is 0 Å². The Kier molecular flexibility index (Phi) is 4.77. The molecule has 0 amide bonds. The summed E-state index contributed by atoms with van der Waals surface area (Å²) in [6.45, 7) is 5.61. The third-order valence-corrected chi connectivity index (χ3v) is 4.96. The highest BCUT2D eigenvalue weighted by Crippen LogP contribution is 2.30. The SMILES string of the molecule is CC1CN(c2ccc(N=Cc3c(O)[nH]c4cccc(F)c34)cc2F)CC(C)N1. The second-order valence-corrected chi connectivity index (χ2v) is 7.32. The Hall–Kier alpha value is -2.93. The molecule has 0 radical (unpaired) electrons. The van der Waals surface area contributed by atoms with E-state index >= 15 is 0 Å². The van der Waals surface area contributed by atoms with Crippen molar-refractivity contribution in [2.24, 2.45) is 4.99 Å². The molecule has 3 aromatic rings. The number of nitrogens with one attached hydrogen (secondary N) is 2. The molecule has 3 N–H and O–H groups in total. The molecule has 7 heteroatoms. The largest absolute Gasteiger partial charge is 0.494 e. The maximum Gasteiger partial charge on any atom is 0.198 e. The van der Waals surface area contributed by atoms with Crippen molar-refractivity contribution in [3.8, 4) is 5.88 Å². The fourth-order valence-corrected chi connectivity index (χ4v) is 3.84. The van der Waals surface area contributed by atoms with E-state index in [0.29, 0.717) is 16.9 Å². The molecule has 1 aromatic heterocycles. The molecule has 1 aliphatic heterocycles. The molecule has 1 fully saturated rings. The zero-order chi connectivity index (χ0) is 19.8. The predicted octanol–water partition coefficient (Wildman–Crippen LogP) is 4.09. The van der Waals surface area contributed by atoms with Gasteiger partial charge in [0.2, 0.25) is 0 Å². The van der Waals surface area contributed by atoms with Crippen molar-refractivity contribution in [2.45, 2.75) is 25.9 Å². The first kappa shape index (κ1) is 18.4. The van der Waals surface area contributed by atoms with Gasteiger partial charge in [0.25, 0.3) is 0 Å². The summed E-state index contributed by atoms with van der Waals surface area (Å²) in [4.78, 5) is 8.97. The number of piperazine rings is 1. The lowest BCUT2D eigenvalue weighted by Gasteiger charge is -2.37. The summed E-state index contributed by atoms with van der Waals surface area (Å²) in [5.41, 5.74) is 1.65. The van der Waals surface area contributed by atoms with Gasteiger partial charge in [-0.2, -0.15) is 0 Å². The number of aliphatic imine (C=N–C) groups is 1. The number of benzene rings is 2. The summed E-state index contributed by atoms with van der Waals surface area (Å²) in [6, 6.07) is 9.88. The molecule has 5 nitrogen and oxygen atoms in total. The standard InChI is InChI=1S/C21H22F2N4O/c1-12-10-27(11-13(2)25-12)19-7-6-14(8-17(19)23)24-9-15-20-16(22)4-3-5-18(20)26-21(15)28/h3-9,12-13,25-26,28H,10-11H2,1-2H3. The van der Waals surface area contributed by atoms with Crippen LogP contribution in [0.5, 0.6) is 5.88 Å². The van der Waals surface area contributed by atoms with Crippen LogP contribution in [-0.4, -0.2) is 41.5 Å². The van der Waals surface area contributed by atoms with Crippen molar-refractivity contribution in [1.29, 1.82) is 0 Å². The van der Waals surface area contributed by atoms with Crippen molar-refractivity contribution in [1.82, 2.24) is 10.3 Å².